The number of amides is 1. The fourth-order valence-corrected chi connectivity index (χ4v) is 2.42. The Kier molecular flexibility index (Phi) is 7.74. The molecule has 0 aliphatic carbocycles. The van der Waals surface area contributed by atoms with Crippen LogP contribution in [-0.4, -0.2) is 50.0 Å². The van der Waals surface area contributed by atoms with Gasteiger partial charge in [0, 0.05) is 12.8 Å². The van der Waals surface area contributed by atoms with Crippen molar-refractivity contribution in [2.24, 2.45) is 17.6 Å². The van der Waals surface area contributed by atoms with Gasteiger partial charge in [-0.2, -0.15) is 0 Å². The molecule has 2 atom stereocenters. The second kappa shape index (κ2) is 8.21. The summed E-state index contributed by atoms with van der Waals surface area (Å²) in [6.07, 6.45) is 1.43. The Morgan fingerprint density at radius 3 is 2.20 bits per heavy atom. The third kappa shape index (κ3) is 8.11. The van der Waals surface area contributed by atoms with Gasteiger partial charge in [0.2, 0.25) is 5.91 Å². The van der Waals surface area contributed by atoms with E-state index in [2.05, 4.69) is 5.32 Å². The van der Waals surface area contributed by atoms with E-state index in [1.54, 1.807) is 0 Å². The number of rotatable bonds is 9. The monoisotopic (exact) mass is 308 g/mol. The molecule has 0 bridgehead atoms. The van der Waals surface area contributed by atoms with Crippen molar-refractivity contribution >= 4 is 21.7 Å². The molecule has 20 heavy (non-hydrogen) atoms. The first-order chi connectivity index (χ1) is 9.06. The number of hydrogen-bond donors (Lipinski definition) is 3. The van der Waals surface area contributed by atoms with Crippen molar-refractivity contribution in [2.45, 2.75) is 32.7 Å². The molecule has 0 aromatic carbocycles. The van der Waals surface area contributed by atoms with Crippen molar-refractivity contribution in [3.63, 3.8) is 0 Å². The highest BCUT2D eigenvalue weighted by Gasteiger charge is 2.25. The average Bonchev–Trinajstić information content (AvgIpc) is 2.29. The highest BCUT2D eigenvalue weighted by Crippen LogP contribution is 2.11. The van der Waals surface area contributed by atoms with E-state index in [1.165, 1.54) is 0 Å². The third-order valence-corrected chi connectivity index (χ3v) is 3.78. The summed E-state index contributed by atoms with van der Waals surface area (Å²) in [5.74, 6) is -2.19. The van der Waals surface area contributed by atoms with Crippen LogP contribution in [0.5, 0.6) is 0 Å². The van der Waals surface area contributed by atoms with Crippen LogP contribution in [0.3, 0.4) is 0 Å². The summed E-state index contributed by atoms with van der Waals surface area (Å²) in [5.41, 5.74) is 5.51. The minimum atomic E-state index is -3.27. The Hall–Kier alpha value is -1.15. The van der Waals surface area contributed by atoms with E-state index in [4.69, 9.17) is 10.8 Å². The molecule has 0 aromatic heterocycles. The molecule has 0 saturated heterocycles. The molecule has 0 spiro atoms. The van der Waals surface area contributed by atoms with Crippen molar-refractivity contribution in [1.29, 1.82) is 0 Å². The lowest BCUT2D eigenvalue weighted by molar-refractivity contribution is -0.142. The molecule has 1 amide bonds. The predicted molar refractivity (Wildman–Crippen MR) is 75.9 cm³/mol. The van der Waals surface area contributed by atoms with Crippen molar-refractivity contribution in [3.8, 4) is 0 Å². The molecule has 0 aromatic rings. The summed E-state index contributed by atoms with van der Waals surface area (Å²) in [4.78, 5) is 23.0. The molecule has 0 heterocycles. The van der Waals surface area contributed by atoms with Crippen molar-refractivity contribution in [2.75, 3.05) is 18.6 Å². The maximum Gasteiger partial charge on any atom is 0.326 e. The quantitative estimate of drug-likeness (QED) is 0.532. The SMILES string of the molecule is CC(C)CC(CN)C(=O)NC(CCS(C)(=O)=O)C(=O)O. The lowest BCUT2D eigenvalue weighted by Gasteiger charge is -2.20. The van der Waals surface area contributed by atoms with Crippen LogP contribution in [0.4, 0.5) is 0 Å². The molecule has 7 nitrogen and oxygen atoms in total. The highest BCUT2D eigenvalue weighted by atomic mass is 32.2. The van der Waals surface area contributed by atoms with Gasteiger partial charge in [-0.05, 0) is 18.8 Å². The van der Waals surface area contributed by atoms with Crippen LogP contribution in [0.1, 0.15) is 26.7 Å². The van der Waals surface area contributed by atoms with Crippen LogP contribution < -0.4 is 11.1 Å². The number of aliphatic carboxylic acids is 1. The van der Waals surface area contributed by atoms with E-state index in [0.29, 0.717) is 6.42 Å². The Labute approximate surface area is 119 Å². The van der Waals surface area contributed by atoms with Crippen molar-refractivity contribution < 1.29 is 23.1 Å². The molecule has 0 fully saturated rings. The predicted octanol–water partition coefficient (Wildman–Crippen LogP) is -0.388. The van der Waals surface area contributed by atoms with Crippen LogP contribution in [0, 0.1) is 11.8 Å². The van der Waals surface area contributed by atoms with Gasteiger partial charge in [-0.1, -0.05) is 13.8 Å². The number of nitrogens with two attached hydrogens (primary N) is 1. The summed E-state index contributed by atoms with van der Waals surface area (Å²) >= 11 is 0. The van der Waals surface area contributed by atoms with E-state index < -0.39 is 33.7 Å². The van der Waals surface area contributed by atoms with E-state index in [0.717, 1.165) is 6.26 Å². The number of carboxylic acids is 1. The maximum atomic E-state index is 11.9. The molecule has 0 aliphatic rings. The van der Waals surface area contributed by atoms with E-state index in [1.807, 2.05) is 13.8 Å². The summed E-state index contributed by atoms with van der Waals surface area (Å²) in [6.45, 7) is 4.00. The number of carboxylic acid groups (broad SMARTS) is 1. The van der Waals surface area contributed by atoms with Gasteiger partial charge >= 0.3 is 5.97 Å². The fourth-order valence-electron chi connectivity index (χ4n) is 1.76. The largest absolute Gasteiger partial charge is 0.480 e. The second-order valence-corrected chi connectivity index (χ2v) is 7.64. The molecule has 8 heteroatoms. The summed E-state index contributed by atoms with van der Waals surface area (Å²) in [6, 6.07) is -1.21. The van der Waals surface area contributed by atoms with Gasteiger partial charge in [-0.25, -0.2) is 13.2 Å². The molecule has 0 radical (unpaired) electrons. The summed E-state index contributed by atoms with van der Waals surface area (Å²) in [7, 11) is -3.27. The smallest absolute Gasteiger partial charge is 0.326 e. The van der Waals surface area contributed by atoms with Crippen LogP contribution in [0.15, 0.2) is 0 Å². The summed E-state index contributed by atoms with van der Waals surface area (Å²) in [5, 5.41) is 11.4. The zero-order valence-electron chi connectivity index (χ0n) is 12.1. The molecule has 118 valence electrons. The number of carbonyl (C=O) groups is 2. The van der Waals surface area contributed by atoms with Crippen LogP contribution in [0.2, 0.25) is 0 Å². The zero-order chi connectivity index (χ0) is 15.9. The first-order valence-corrected chi connectivity index (χ1v) is 8.53. The minimum Gasteiger partial charge on any atom is -0.480 e. The molecule has 0 rings (SSSR count). The third-order valence-electron chi connectivity index (χ3n) is 2.80. The highest BCUT2D eigenvalue weighted by molar-refractivity contribution is 7.90. The van der Waals surface area contributed by atoms with Gasteiger partial charge in [0.05, 0.1) is 11.7 Å². The molecule has 0 saturated carbocycles. The molecule has 0 aliphatic heterocycles. The molecule has 2 unspecified atom stereocenters. The first kappa shape index (κ1) is 18.9. The lowest BCUT2D eigenvalue weighted by Crippen LogP contribution is -2.46. The van der Waals surface area contributed by atoms with Gasteiger partial charge in [0.25, 0.3) is 0 Å². The summed E-state index contributed by atoms with van der Waals surface area (Å²) < 4.78 is 22.1. The van der Waals surface area contributed by atoms with Crippen molar-refractivity contribution in [3.05, 3.63) is 0 Å². The number of carbonyl (C=O) groups excluding carboxylic acids is 1. The number of hydrogen-bond acceptors (Lipinski definition) is 5. The number of sulfone groups is 1. The average molecular weight is 308 g/mol. The van der Waals surface area contributed by atoms with E-state index in [-0.39, 0.29) is 24.6 Å². The maximum absolute atomic E-state index is 11.9. The van der Waals surface area contributed by atoms with E-state index >= 15 is 0 Å². The normalized spacial score (nSPS) is 14.8. The Balaban J connectivity index is 4.65. The topological polar surface area (TPSA) is 127 Å². The minimum absolute atomic E-state index is 0.127. The van der Waals surface area contributed by atoms with Gasteiger partial charge in [0.15, 0.2) is 0 Å². The molecular formula is C12H24N2O5S. The van der Waals surface area contributed by atoms with Crippen LogP contribution >= 0.6 is 0 Å². The number of nitrogens with one attached hydrogen (secondary N) is 1. The lowest BCUT2D eigenvalue weighted by atomic mass is 9.96. The first-order valence-electron chi connectivity index (χ1n) is 6.47. The van der Waals surface area contributed by atoms with Gasteiger partial charge in [-0.15, -0.1) is 0 Å². The molecule has 4 N–H and O–H groups in total. The van der Waals surface area contributed by atoms with Crippen LogP contribution in [-0.2, 0) is 19.4 Å². The van der Waals surface area contributed by atoms with Gasteiger partial charge < -0.3 is 16.2 Å². The Bertz CT molecular complexity index is 433. The second-order valence-electron chi connectivity index (χ2n) is 5.38. The Morgan fingerprint density at radius 2 is 1.85 bits per heavy atom. The fraction of sp³-hybridized carbons (Fsp3) is 0.833. The van der Waals surface area contributed by atoms with Gasteiger partial charge in [-0.3, -0.25) is 4.79 Å². The Morgan fingerprint density at radius 1 is 1.30 bits per heavy atom. The standard InChI is InChI=1S/C12H24N2O5S/c1-8(2)6-9(7-13)11(15)14-10(12(16)17)4-5-20(3,18)19/h8-10H,4-7,13H2,1-3H3,(H,14,15)(H,16,17). The zero-order valence-corrected chi connectivity index (χ0v) is 12.9. The van der Waals surface area contributed by atoms with Crippen LogP contribution in [0.25, 0.3) is 0 Å². The van der Waals surface area contributed by atoms with Gasteiger partial charge in [0.1, 0.15) is 15.9 Å². The van der Waals surface area contributed by atoms with Crippen molar-refractivity contribution in [1.82, 2.24) is 5.32 Å². The molecular weight excluding hydrogens is 284 g/mol. The van der Waals surface area contributed by atoms with E-state index in [9.17, 15) is 18.0 Å².